The van der Waals surface area contributed by atoms with Crippen molar-refractivity contribution in [3.8, 4) is 0 Å². The van der Waals surface area contributed by atoms with Crippen LogP contribution in [0.25, 0.3) is 0 Å². The molecule has 0 aromatic heterocycles. The molecule has 8 heteroatoms. The van der Waals surface area contributed by atoms with Crippen LogP contribution in [0.5, 0.6) is 0 Å². The van der Waals surface area contributed by atoms with E-state index >= 15 is 0 Å². The van der Waals surface area contributed by atoms with Gasteiger partial charge in [-0.3, -0.25) is 9.59 Å². The van der Waals surface area contributed by atoms with E-state index in [9.17, 15) is 22.8 Å². The SMILES string of the molecule is O=C(Nc1ccc(Cl)c(C(F)(F)F)c1)C1CC(=O)N(C2CCCC2)C1. The van der Waals surface area contributed by atoms with Gasteiger partial charge in [0, 0.05) is 24.7 Å². The summed E-state index contributed by atoms with van der Waals surface area (Å²) in [6, 6.07) is 3.43. The van der Waals surface area contributed by atoms with Crippen LogP contribution < -0.4 is 5.32 Å². The lowest BCUT2D eigenvalue weighted by Crippen LogP contribution is -2.35. The smallest absolute Gasteiger partial charge is 0.339 e. The fourth-order valence-corrected chi connectivity index (χ4v) is 3.77. The van der Waals surface area contributed by atoms with E-state index in [-0.39, 0.29) is 24.1 Å². The Bertz CT molecular complexity index is 687. The van der Waals surface area contributed by atoms with Crippen LogP contribution >= 0.6 is 11.6 Å². The van der Waals surface area contributed by atoms with Gasteiger partial charge in [-0.25, -0.2) is 0 Å². The van der Waals surface area contributed by atoms with Crippen molar-refractivity contribution < 1.29 is 22.8 Å². The summed E-state index contributed by atoms with van der Waals surface area (Å²) in [5.74, 6) is -1.04. The molecule has 1 aliphatic heterocycles. The van der Waals surface area contributed by atoms with Gasteiger partial charge in [0.1, 0.15) is 0 Å². The van der Waals surface area contributed by atoms with E-state index in [1.54, 1.807) is 4.90 Å². The fourth-order valence-electron chi connectivity index (χ4n) is 3.54. The van der Waals surface area contributed by atoms with E-state index in [2.05, 4.69) is 5.32 Å². The minimum absolute atomic E-state index is 0.0218. The Morgan fingerprint density at radius 2 is 1.92 bits per heavy atom. The maximum absolute atomic E-state index is 12.9. The number of likely N-dealkylation sites (tertiary alicyclic amines) is 1. The number of benzene rings is 1. The molecule has 0 spiro atoms. The zero-order valence-corrected chi connectivity index (χ0v) is 14.2. The molecule has 0 radical (unpaired) electrons. The molecule has 1 heterocycles. The highest BCUT2D eigenvalue weighted by molar-refractivity contribution is 6.31. The summed E-state index contributed by atoms with van der Waals surface area (Å²) in [4.78, 5) is 26.3. The Kier molecular flexibility index (Phi) is 4.95. The van der Waals surface area contributed by atoms with Crippen LogP contribution in [0, 0.1) is 5.92 Å². The third-order valence-corrected chi connectivity index (χ3v) is 5.16. The molecule has 1 unspecified atom stereocenters. The summed E-state index contributed by atoms with van der Waals surface area (Å²) in [6.07, 6.45) is -0.437. The zero-order valence-electron chi connectivity index (χ0n) is 13.4. The largest absolute Gasteiger partial charge is 0.417 e. The van der Waals surface area contributed by atoms with Crippen molar-refractivity contribution in [2.75, 3.05) is 11.9 Å². The maximum atomic E-state index is 12.9. The summed E-state index contributed by atoms with van der Waals surface area (Å²) in [7, 11) is 0. The second kappa shape index (κ2) is 6.86. The van der Waals surface area contributed by atoms with E-state index in [4.69, 9.17) is 11.6 Å². The molecule has 1 aromatic rings. The Labute approximate surface area is 148 Å². The minimum atomic E-state index is -4.60. The number of carbonyl (C=O) groups excluding carboxylic acids is 2. The predicted octanol–water partition coefficient (Wildman–Crippen LogP) is 4.09. The number of nitrogens with zero attached hydrogens (tertiary/aromatic N) is 1. The number of rotatable bonds is 3. The van der Waals surface area contributed by atoms with Crippen molar-refractivity contribution in [1.29, 1.82) is 0 Å². The fraction of sp³-hybridized carbons (Fsp3) is 0.529. The summed E-state index contributed by atoms with van der Waals surface area (Å²) >= 11 is 5.57. The lowest BCUT2D eigenvalue weighted by atomic mass is 10.1. The number of nitrogens with one attached hydrogen (secondary N) is 1. The molecular formula is C17H18ClF3N2O2. The van der Waals surface area contributed by atoms with Crippen LogP contribution in [-0.4, -0.2) is 29.3 Å². The van der Waals surface area contributed by atoms with Gasteiger partial charge in [0.25, 0.3) is 0 Å². The average molecular weight is 375 g/mol. The van der Waals surface area contributed by atoms with Gasteiger partial charge >= 0.3 is 6.18 Å². The zero-order chi connectivity index (χ0) is 18.2. The van der Waals surface area contributed by atoms with Gasteiger partial charge in [0.05, 0.1) is 16.5 Å². The molecule has 0 bridgehead atoms. The molecule has 3 rings (SSSR count). The molecule has 1 N–H and O–H groups in total. The number of hydrogen-bond acceptors (Lipinski definition) is 2. The first-order valence-corrected chi connectivity index (χ1v) is 8.60. The highest BCUT2D eigenvalue weighted by Gasteiger charge is 2.39. The summed E-state index contributed by atoms with van der Waals surface area (Å²) in [6.45, 7) is 0.328. The van der Waals surface area contributed by atoms with Crippen LogP contribution in [-0.2, 0) is 15.8 Å². The van der Waals surface area contributed by atoms with Gasteiger partial charge in [-0.1, -0.05) is 24.4 Å². The van der Waals surface area contributed by atoms with Crippen LogP contribution in [0.15, 0.2) is 18.2 Å². The molecule has 2 aliphatic rings. The molecule has 25 heavy (non-hydrogen) atoms. The first-order valence-electron chi connectivity index (χ1n) is 8.23. The molecule has 1 saturated heterocycles. The van der Waals surface area contributed by atoms with Crippen LogP contribution in [0.4, 0.5) is 18.9 Å². The molecular weight excluding hydrogens is 357 g/mol. The molecule has 1 aromatic carbocycles. The van der Waals surface area contributed by atoms with Gasteiger partial charge in [-0.15, -0.1) is 0 Å². The molecule has 1 saturated carbocycles. The van der Waals surface area contributed by atoms with Crippen molar-refractivity contribution in [3.63, 3.8) is 0 Å². The van der Waals surface area contributed by atoms with Crippen LogP contribution in [0.3, 0.4) is 0 Å². The van der Waals surface area contributed by atoms with Crippen LogP contribution in [0.2, 0.25) is 5.02 Å². The highest BCUT2D eigenvalue weighted by atomic mass is 35.5. The first-order chi connectivity index (χ1) is 11.8. The highest BCUT2D eigenvalue weighted by Crippen LogP contribution is 2.36. The quantitative estimate of drug-likeness (QED) is 0.866. The van der Waals surface area contributed by atoms with Crippen LogP contribution in [0.1, 0.15) is 37.7 Å². The Balaban J connectivity index is 1.68. The molecule has 136 valence electrons. The van der Waals surface area contributed by atoms with E-state index < -0.39 is 28.6 Å². The normalized spacial score (nSPS) is 21.8. The van der Waals surface area contributed by atoms with E-state index in [1.807, 2.05) is 0 Å². The third kappa shape index (κ3) is 3.92. The van der Waals surface area contributed by atoms with Crippen molar-refractivity contribution in [2.45, 2.75) is 44.3 Å². The number of anilines is 1. The number of amides is 2. The number of halogens is 4. The monoisotopic (exact) mass is 374 g/mol. The Morgan fingerprint density at radius 3 is 2.56 bits per heavy atom. The summed E-state index contributed by atoms with van der Waals surface area (Å²) < 4.78 is 38.7. The van der Waals surface area contributed by atoms with Gasteiger partial charge < -0.3 is 10.2 Å². The van der Waals surface area contributed by atoms with E-state index in [0.29, 0.717) is 6.54 Å². The minimum Gasteiger partial charge on any atom is -0.339 e. The average Bonchev–Trinajstić information content (AvgIpc) is 3.17. The summed E-state index contributed by atoms with van der Waals surface area (Å²) in [5, 5.41) is 2.06. The third-order valence-electron chi connectivity index (χ3n) is 4.83. The predicted molar refractivity (Wildman–Crippen MR) is 87.2 cm³/mol. The number of hydrogen-bond donors (Lipinski definition) is 1. The molecule has 1 atom stereocenters. The standard InChI is InChI=1S/C17H18ClF3N2O2/c18-14-6-5-11(8-13(14)17(19,20)21)22-16(25)10-7-15(24)23(9-10)12-3-1-2-4-12/h5-6,8,10,12H,1-4,7,9H2,(H,22,25). The second-order valence-corrected chi connectivity index (χ2v) is 6.97. The lowest BCUT2D eigenvalue weighted by Gasteiger charge is -2.23. The van der Waals surface area contributed by atoms with Gasteiger partial charge in [-0.05, 0) is 31.0 Å². The van der Waals surface area contributed by atoms with Gasteiger partial charge in [0.15, 0.2) is 0 Å². The molecule has 1 aliphatic carbocycles. The van der Waals surface area contributed by atoms with Crippen molar-refractivity contribution in [1.82, 2.24) is 4.90 Å². The van der Waals surface area contributed by atoms with Gasteiger partial charge in [-0.2, -0.15) is 13.2 Å². The topological polar surface area (TPSA) is 49.4 Å². The number of carbonyl (C=O) groups is 2. The second-order valence-electron chi connectivity index (χ2n) is 6.57. The maximum Gasteiger partial charge on any atom is 0.417 e. The molecule has 4 nitrogen and oxygen atoms in total. The van der Waals surface area contributed by atoms with E-state index in [1.165, 1.54) is 6.07 Å². The Morgan fingerprint density at radius 1 is 1.24 bits per heavy atom. The van der Waals surface area contributed by atoms with Crippen molar-refractivity contribution in [3.05, 3.63) is 28.8 Å². The summed E-state index contributed by atoms with van der Waals surface area (Å²) in [5.41, 5.74) is -0.976. The van der Waals surface area contributed by atoms with Crippen molar-refractivity contribution in [2.24, 2.45) is 5.92 Å². The van der Waals surface area contributed by atoms with E-state index in [0.717, 1.165) is 37.8 Å². The molecule has 2 amide bonds. The lowest BCUT2D eigenvalue weighted by molar-refractivity contribution is -0.137. The Hall–Kier alpha value is -1.76. The van der Waals surface area contributed by atoms with Crippen molar-refractivity contribution >= 4 is 29.1 Å². The number of alkyl halides is 3. The van der Waals surface area contributed by atoms with Gasteiger partial charge in [0.2, 0.25) is 11.8 Å². The first kappa shape index (κ1) is 18.0. The molecule has 2 fully saturated rings.